The highest BCUT2D eigenvalue weighted by atomic mass is 19.4. The van der Waals surface area contributed by atoms with Gasteiger partial charge in [-0.3, -0.25) is 0 Å². The van der Waals surface area contributed by atoms with Gasteiger partial charge in [-0.25, -0.2) is 0 Å². The van der Waals surface area contributed by atoms with E-state index in [1.807, 2.05) is 18.2 Å². The first-order valence-corrected chi connectivity index (χ1v) is 7.85. The van der Waals surface area contributed by atoms with Crippen LogP contribution in [0.4, 0.5) is 13.2 Å². The molecule has 0 saturated heterocycles. The third kappa shape index (κ3) is 4.48. The molecule has 0 bridgehead atoms. The van der Waals surface area contributed by atoms with E-state index in [4.69, 9.17) is 4.74 Å². The minimum Gasteiger partial charge on any atom is -0.504 e. The molecule has 0 aliphatic heterocycles. The van der Waals surface area contributed by atoms with E-state index in [2.05, 4.69) is 28.7 Å². The van der Waals surface area contributed by atoms with Crippen molar-refractivity contribution in [1.82, 2.24) is 0 Å². The molecule has 2 aromatic carbocycles. The van der Waals surface area contributed by atoms with Crippen LogP contribution < -0.4 is 4.74 Å². The molecule has 2 nitrogen and oxygen atoms in total. The maximum absolute atomic E-state index is 12.2. The molecule has 0 spiro atoms. The molecule has 1 aliphatic rings. The Bertz CT molecular complexity index is 911. The molecule has 0 heterocycles. The summed E-state index contributed by atoms with van der Waals surface area (Å²) in [5, 5.41) is 0. The van der Waals surface area contributed by atoms with E-state index in [0.717, 1.165) is 28.7 Å². The molecular weight excluding hydrogens is 341 g/mol. The highest BCUT2D eigenvalue weighted by Gasteiger charge is 2.30. The highest BCUT2D eigenvalue weighted by Crippen LogP contribution is 2.29. The summed E-state index contributed by atoms with van der Waals surface area (Å²) in [6, 6.07) is 11.4. The molecule has 2 aromatic rings. The van der Waals surface area contributed by atoms with Crippen LogP contribution in [-0.4, -0.2) is 13.5 Å². The second-order valence-electron chi connectivity index (χ2n) is 5.61. The molecule has 1 aliphatic carbocycles. The van der Waals surface area contributed by atoms with Crippen LogP contribution in [-0.2, 0) is 4.74 Å². The van der Waals surface area contributed by atoms with E-state index in [1.54, 1.807) is 13.4 Å². The summed E-state index contributed by atoms with van der Waals surface area (Å²) in [7, 11) is 1.61. The van der Waals surface area contributed by atoms with Gasteiger partial charge in [0.1, 0.15) is 5.75 Å². The fraction of sp³-hybridized carbons (Fsp3) is 0.143. The van der Waals surface area contributed by atoms with Gasteiger partial charge in [-0.2, -0.15) is 0 Å². The van der Waals surface area contributed by atoms with Crippen molar-refractivity contribution in [2.75, 3.05) is 7.11 Å². The molecular formula is C21H15F3O2. The van der Waals surface area contributed by atoms with Crippen LogP contribution in [0.5, 0.6) is 5.75 Å². The second-order valence-corrected chi connectivity index (χ2v) is 5.61. The summed E-state index contributed by atoms with van der Waals surface area (Å²) in [5.74, 6) is 5.72. The number of allylic oxidation sites excluding steroid dienone is 2. The van der Waals surface area contributed by atoms with Crippen molar-refractivity contribution in [3.63, 3.8) is 0 Å². The van der Waals surface area contributed by atoms with E-state index < -0.39 is 6.36 Å². The molecule has 0 aromatic heterocycles. The van der Waals surface area contributed by atoms with Crippen molar-refractivity contribution in [3.05, 3.63) is 77.1 Å². The molecule has 0 fully saturated rings. The van der Waals surface area contributed by atoms with Gasteiger partial charge in [0.15, 0.2) is 0 Å². The summed E-state index contributed by atoms with van der Waals surface area (Å²) >= 11 is 0. The number of halogens is 3. The average Bonchev–Trinajstić information content (AvgIpc) is 2.60. The molecule has 132 valence electrons. The molecule has 0 radical (unpaired) electrons. The lowest BCUT2D eigenvalue weighted by molar-refractivity contribution is -0.274. The Hall–Kier alpha value is -3.13. The van der Waals surface area contributed by atoms with Crippen LogP contribution in [0.1, 0.15) is 28.7 Å². The smallest absolute Gasteiger partial charge is 0.504 e. The third-order valence-electron chi connectivity index (χ3n) is 3.73. The van der Waals surface area contributed by atoms with Crippen LogP contribution in [0.15, 0.2) is 54.8 Å². The highest BCUT2D eigenvalue weighted by molar-refractivity contribution is 5.79. The zero-order valence-electron chi connectivity index (χ0n) is 13.9. The molecule has 0 saturated carbocycles. The topological polar surface area (TPSA) is 18.5 Å². The van der Waals surface area contributed by atoms with E-state index in [-0.39, 0.29) is 5.75 Å². The van der Waals surface area contributed by atoms with Crippen LogP contribution >= 0.6 is 0 Å². The van der Waals surface area contributed by atoms with E-state index in [0.29, 0.717) is 5.56 Å². The Morgan fingerprint density at radius 1 is 1.00 bits per heavy atom. The number of ether oxygens (including phenoxy) is 2. The summed E-state index contributed by atoms with van der Waals surface area (Å²) in [4.78, 5) is 0. The zero-order valence-corrected chi connectivity index (χ0v) is 13.9. The number of hydrogen-bond acceptors (Lipinski definition) is 2. The molecule has 0 N–H and O–H groups in total. The predicted octanol–water partition coefficient (Wildman–Crippen LogP) is 5.39. The van der Waals surface area contributed by atoms with Crippen molar-refractivity contribution in [2.45, 2.75) is 12.8 Å². The molecule has 5 heteroatoms. The molecule has 0 amide bonds. The molecule has 3 rings (SSSR count). The average molecular weight is 356 g/mol. The van der Waals surface area contributed by atoms with E-state index in [9.17, 15) is 13.2 Å². The lowest BCUT2D eigenvalue weighted by Gasteiger charge is -2.14. The van der Waals surface area contributed by atoms with Crippen molar-refractivity contribution < 1.29 is 22.6 Å². The summed E-state index contributed by atoms with van der Waals surface area (Å²) in [5.41, 5.74) is 4.65. The molecule has 0 atom stereocenters. The van der Waals surface area contributed by atoms with E-state index >= 15 is 0 Å². The summed E-state index contributed by atoms with van der Waals surface area (Å²) in [6.07, 6.45) is 1.94. The lowest BCUT2D eigenvalue weighted by Crippen LogP contribution is -2.16. The quantitative estimate of drug-likeness (QED) is 0.531. The first-order chi connectivity index (χ1) is 12.4. The van der Waals surface area contributed by atoms with Crippen molar-refractivity contribution >= 4 is 11.6 Å². The Morgan fingerprint density at radius 2 is 1.69 bits per heavy atom. The minimum atomic E-state index is -4.70. The molecule has 26 heavy (non-hydrogen) atoms. The van der Waals surface area contributed by atoms with Gasteiger partial charge in [0, 0.05) is 11.1 Å². The number of benzene rings is 2. The monoisotopic (exact) mass is 356 g/mol. The second kappa shape index (κ2) is 7.40. The fourth-order valence-corrected chi connectivity index (χ4v) is 2.62. The summed E-state index contributed by atoms with van der Waals surface area (Å²) in [6.45, 7) is 0. The van der Waals surface area contributed by atoms with Gasteiger partial charge in [-0.1, -0.05) is 30.1 Å². The SMILES string of the molecule is COC=C1CC=Cc2ccc(C#Cc3ccc(OC(F)(F)F)cc3)cc21. The number of rotatable bonds is 2. The first-order valence-electron chi connectivity index (χ1n) is 7.85. The minimum absolute atomic E-state index is 0.266. The standard InChI is InChI=1S/C21H15F3O2/c1-25-14-18-4-2-3-17-10-7-16(13-20(17)18)6-5-15-8-11-19(12-9-15)26-21(22,23)24/h2-3,7-14H,4H2,1H3. The van der Waals surface area contributed by atoms with E-state index in [1.165, 1.54) is 24.3 Å². The Labute approximate surface area is 149 Å². The van der Waals surface area contributed by atoms with Crippen LogP contribution in [0, 0.1) is 11.8 Å². The largest absolute Gasteiger partial charge is 0.573 e. The van der Waals surface area contributed by atoms with Crippen molar-refractivity contribution in [2.24, 2.45) is 0 Å². The van der Waals surface area contributed by atoms with Gasteiger partial charge in [-0.05, 0) is 59.5 Å². The van der Waals surface area contributed by atoms with Gasteiger partial charge in [0.05, 0.1) is 13.4 Å². The zero-order chi connectivity index (χ0) is 18.6. The maximum atomic E-state index is 12.2. The van der Waals surface area contributed by atoms with Crippen molar-refractivity contribution in [3.8, 4) is 17.6 Å². The first kappa shape index (κ1) is 17.7. The number of fused-ring (bicyclic) bond motifs is 1. The van der Waals surface area contributed by atoms with Crippen molar-refractivity contribution in [1.29, 1.82) is 0 Å². The van der Waals surface area contributed by atoms with Gasteiger partial charge in [-0.15, -0.1) is 13.2 Å². The Balaban J connectivity index is 1.81. The molecule has 0 unspecified atom stereocenters. The van der Waals surface area contributed by atoms with Crippen LogP contribution in [0.2, 0.25) is 0 Å². The van der Waals surface area contributed by atoms with Gasteiger partial charge in [0.2, 0.25) is 0 Å². The Morgan fingerprint density at radius 3 is 2.38 bits per heavy atom. The number of methoxy groups -OCH3 is 1. The van der Waals surface area contributed by atoms with Gasteiger partial charge >= 0.3 is 6.36 Å². The number of hydrogen-bond donors (Lipinski definition) is 0. The normalized spacial score (nSPS) is 14.4. The predicted molar refractivity (Wildman–Crippen MR) is 94.2 cm³/mol. The fourth-order valence-electron chi connectivity index (χ4n) is 2.62. The van der Waals surface area contributed by atoms with Gasteiger partial charge < -0.3 is 9.47 Å². The van der Waals surface area contributed by atoms with Gasteiger partial charge in [0.25, 0.3) is 0 Å². The van der Waals surface area contributed by atoms with Crippen LogP contribution in [0.25, 0.3) is 11.6 Å². The maximum Gasteiger partial charge on any atom is 0.573 e. The third-order valence-corrected chi connectivity index (χ3v) is 3.73. The Kier molecular flexibility index (Phi) is 5.04. The number of alkyl halides is 3. The lowest BCUT2D eigenvalue weighted by atomic mass is 9.91. The summed E-state index contributed by atoms with van der Waals surface area (Å²) < 4.78 is 45.5. The van der Waals surface area contributed by atoms with Crippen LogP contribution in [0.3, 0.4) is 0 Å².